The van der Waals surface area contributed by atoms with Crippen molar-refractivity contribution in [3.8, 4) is 0 Å². The molecule has 1 aromatic rings. The fourth-order valence-corrected chi connectivity index (χ4v) is 1.05. The number of hydrogen-bond acceptors (Lipinski definition) is 1. The van der Waals surface area contributed by atoms with Gasteiger partial charge in [-0.2, -0.15) is 0 Å². The van der Waals surface area contributed by atoms with Crippen LogP contribution in [0.3, 0.4) is 0 Å². The van der Waals surface area contributed by atoms with Gasteiger partial charge in [0.15, 0.2) is 0 Å². The predicted octanol–water partition coefficient (Wildman–Crippen LogP) is 1.37. The van der Waals surface area contributed by atoms with Gasteiger partial charge >= 0.3 is 0 Å². The van der Waals surface area contributed by atoms with Gasteiger partial charge in [-0.25, -0.2) is 0 Å². The third-order valence-electron chi connectivity index (χ3n) is 2.04. The fraction of sp³-hybridized carbons (Fsp3) is 0.455. The third-order valence-corrected chi connectivity index (χ3v) is 2.04. The summed E-state index contributed by atoms with van der Waals surface area (Å²) in [5.41, 5.74) is 0.873. The molecule has 0 saturated carbocycles. The van der Waals surface area contributed by atoms with Crippen molar-refractivity contribution in [1.82, 2.24) is 0 Å². The van der Waals surface area contributed by atoms with Crippen LogP contribution < -0.4 is 5.06 Å². The van der Waals surface area contributed by atoms with Crippen molar-refractivity contribution in [2.24, 2.45) is 0 Å². The molecule has 0 bridgehead atoms. The van der Waals surface area contributed by atoms with Gasteiger partial charge in [-0.1, -0.05) is 30.3 Å². The van der Waals surface area contributed by atoms with Crippen LogP contribution in [0.2, 0.25) is 0 Å². The van der Waals surface area contributed by atoms with Gasteiger partial charge in [-0.05, 0) is 20.8 Å². The molecule has 1 aromatic carbocycles. The zero-order valence-corrected chi connectivity index (χ0v) is 8.50. The zero-order chi connectivity index (χ0) is 9.90. The van der Waals surface area contributed by atoms with E-state index in [0.29, 0.717) is 11.6 Å². The van der Waals surface area contributed by atoms with Crippen LogP contribution in [0.15, 0.2) is 30.3 Å². The molecule has 13 heavy (non-hydrogen) atoms. The van der Waals surface area contributed by atoms with Gasteiger partial charge in [-0.3, -0.25) is 0 Å². The highest BCUT2D eigenvalue weighted by Crippen LogP contribution is 1.98. The molecule has 1 atom stereocenters. The van der Waals surface area contributed by atoms with E-state index in [0.717, 1.165) is 5.56 Å². The predicted molar refractivity (Wildman–Crippen MR) is 54.2 cm³/mol. The molecular weight excluding hydrogens is 162 g/mol. The Labute approximate surface area is 79.8 Å². The lowest BCUT2D eigenvalue weighted by Crippen LogP contribution is -3.13. The van der Waals surface area contributed by atoms with E-state index in [2.05, 4.69) is 0 Å². The summed E-state index contributed by atoms with van der Waals surface area (Å²) in [5, 5.41) is 11.9. The van der Waals surface area contributed by atoms with Gasteiger partial charge in [0.05, 0.1) is 5.54 Å². The summed E-state index contributed by atoms with van der Waals surface area (Å²) in [5.74, 6) is 0. The van der Waals surface area contributed by atoms with Crippen LogP contribution in [-0.2, 0) is 6.54 Å². The Bertz CT molecular complexity index is 251. The number of benzene rings is 1. The van der Waals surface area contributed by atoms with Gasteiger partial charge in [-0.15, -0.1) is 0 Å². The SMILES string of the molecule is CC(C)(C)[NH+]([O-])Cc1ccccc1. The van der Waals surface area contributed by atoms with Crippen molar-refractivity contribution in [1.29, 1.82) is 0 Å². The maximum Gasteiger partial charge on any atom is 0.103 e. The Kier molecular flexibility index (Phi) is 3.07. The molecule has 0 aliphatic carbocycles. The van der Waals surface area contributed by atoms with E-state index >= 15 is 0 Å². The summed E-state index contributed by atoms with van der Waals surface area (Å²) < 4.78 is 0. The standard InChI is InChI=1S/C11H17NO/c1-11(2,3)12(13)9-10-7-5-4-6-8-10/h4-8,12H,9H2,1-3H3. The van der Waals surface area contributed by atoms with Gasteiger partial charge in [0.25, 0.3) is 0 Å². The van der Waals surface area contributed by atoms with E-state index in [1.807, 2.05) is 51.1 Å². The van der Waals surface area contributed by atoms with Crippen LogP contribution in [0.1, 0.15) is 26.3 Å². The van der Waals surface area contributed by atoms with Crippen molar-refractivity contribution in [3.63, 3.8) is 0 Å². The minimum absolute atomic E-state index is 0.226. The zero-order valence-electron chi connectivity index (χ0n) is 8.50. The Morgan fingerprint density at radius 3 is 2.15 bits per heavy atom. The smallest absolute Gasteiger partial charge is 0.103 e. The normalized spacial score (nSPS) is 14.2. The first-order valence-corrected chi connectivity index (χ1v) is 4.57. The van der Waals surface area contributed by atoms with Crippen LogP contribution in [-0.4, -0.2) is 5.54 Å². The largest absolute Gasteiger partial charge is 0.634 e. The number of rotatable bonds is 2. The summed E-state index contributed by atoms with van der Waals surface area (Å²) in [7, 11) is 0. The molecule has 1 N–H and O–H groups in total. The van der Waals surface area contributed by atoms with Crippen molar-refractivity contribution in [2.45, 2.75) is 32.9 Å². The Morgan fingerprint density at radius 2 is 1.69 bits per heavy atom. The van der Waals surface area contributed by atoms with Crippen LogP contribution in [0.5, 0.6) is 0 Å². The summed E-state index contributed by atoms with van der Waals surface area (Å²) >= 11 is 0. The lowest BCUT2D eigenvalue weighted by atomic mass is 10.1. The van der Waals surface area contributed by atoms with Crippen LogP contribution in [0.4, 0.5) is 0 Å². The molecule has 2 nitrogen and oxygen atoms in total. The summed E-state index contributed by atoms with van der Waals surface area (Å²) in [6, 6.07) is 9.87. The molecule has 0 fully saturated rings. The van der Waals surface area contributed by atoms with Crippen molar-refractivity contribution in [2.75, 3.05) is 0 Å². The van der Waals surface area contributed by atoms with Crippen molar-refractivity contribution in [3.05, 3.63) is 41.1 Å². The molecule has 0 aromatic heterocycles. The van der Waals surface area contributed by atoms with Crippen LogP contribution in [0, 0.1) is 5.21 Å². The number of hydroxylamine groups is 2. The first-order chi connectivity index (χ1) is 6.00. The second kappa shape index (κ2) is 3.90. The third kappa shape index (κ3) is 3.17. The van der Waals surface area contributed by atoms with Crippen LogP contribution >= 0.6 is 0 Å². The average molecular weight is 179 g/mol. The molecule has 0 amide bonds. The maximum atomic E-state index is 11.6. The highest BCUT2D eigenvalue weighted by Gasteiger charge is 2.17. The molecule has 0 radical (unpaired) electrons. The summed E-state index contributed by atoms with van der Waals surface area (Å²) in [6.07, 6.45) is 0. The quantitative estimate of drug-likeness (QED) is 0.682. The molecule has 72 valence electrons. The average Bonchev–Trinajstić information content (AvgIpc) is 2.04. The monoisotopic (exact) mass is 179 g/mol. The van der Waals surface area contributed by atoms with Gasteiger partial charge in [0, 0.05) is 5.56 Å². The number of nitrogens with one attached hydrogen (secondary N) is 1. The van der Waals surface area contributed by atoms with Crippen LogP contribution in [0.25, 0.3) is 0 Å². The topological polar surface area (TPSA) is 27.5 Å². The molecule has 1 unspecified atom stereocenters. The molecule has 0 aliphatic rings. The van der Waals surface area contributed by atoms with E-state index in [1.165, 1.54) is 0 Å². The fourth-order valence-electron chi connectivity index (χ4n) is 1.05. The van der Waals surface area contributed by atoms with E-state index in [4.69, 9.17) is 0 Å². The second-order valence-corrected chi connectivity index (χ2v) is 4.34. The van der Waals surface area contributed by atoms with Crippen molar-refractivity contribution < 1.29 is 5.06 Å². The van der Waals surface area contributed by atoms with Gasteiger partial charge in [0.2, 0.25) is 0 Å². The molecular formula is C11H17NO. The second-order valence-electron chi connectivity index (χ2n) is 4.34. The Morgan fingerprint density at radius 1 is 1.15 bits per heavy atom. The van der Waals surface area contributed by atoms with Gasteiger partial charge in [0.1, 0.15) is 6.54 Å². The minimum Gasteiger partial charge on any atom is -0.634 e. The number of hydrogen-bond donors (Lipinski definition) is 1. The van der Waals surface area contributed by atoms with E-state index < -0.39 is 0 Å². The highest BCUT2D eigenvalue weighted by molar-refractivity contribution is 5.13. The lowest BCUT2D eigenvalue weighted by molar-refractivity contribution is -0.911. The van der Waals surface area contributed by atoms with E-state index in [9.17, 15) is 5.21 Å². The maximum absolute atomic E-state index is 11.6. The first-order valence-electron chi connectivity index (χ1n) is 4.57. The van der Waals surface area contributed by atoms with E-state index in [-0.39, 0.29) is 5.54 Å². The minimum atomic E-state index is -0.226. The molecule has 0 aliphatic heterocycles. The van der Waals surface area contributed by atoms with E-state index in [1.54, 1.807) is 0 Å². The molecule has 2 heteroatoms. The van der Waals surface area contributed by atoms with Gasteiger partial charge < -0.3 is 10.3 Å². The van der Waals surface area contributed by atoms with Crippen molar-refractivity contribution >= 4 is 0 Å². The Hall–Kier alpha value is -0.860. The molecule has 1 rings (SSSR count). The molecule has 0 heterocycles. The Balaban J connectivity index is 2.61. The molecule has 0 saturated heterocycles. The summed E-state index contributed by atoms with van der Waals surface area (Å²) in [6.45, 7) is 6.42. The highest BCUT2D eigenvalue weighted by atomic mass is 16.5. The summed E-state index contributed by atoms with van der Waals surface area (Å²) in [4.78, 5) is 0. The number of quaternary nitrogens is 1. The lowest BCUT2D eigenvalue weighted by Gasteiger charge is -2.35. The first kappa shape index (κ1) is 10.2. The molecule has 0 spiro atoms.